The fourth-order valence-corrected chi connectivity index (χ4v) is 3.03. The first kappa shape index (κ1) is 15.9. The van der Waals surface area contributed by atoms with Crippen LogP contribution < -0.4 is 4.72 Å². The van der Waals surface area contributed by atoms with Gasteiger partial charge in [0.25, 0.3) is 0 Å². The third-order valence-electron chi connectivity index (χ3n) is 2.05. The van der Waals surface area contributed by atoms with E-state index in [1.165, 1.54) is 7.11 Å². The van der Waals surface area contributed by atoms with Crippen LogP contribution in [0.1, 0.15) is 12.6 Å². The van der Waals surface area contributed by atoms with Crippen LogP contribution in [0.2, 0.25) is 0 Å². The summed E-state index contributed by atoms with van der Waals surface area (Å²) >= 11 is 1.12. The van der Waals surface area contributed by atoms with Crippen LogP contribution in [-0.2, 0) is 30.7 Å². The molecular formula is C10H16N2O5S2. The second kappa shape index (κ2) is 7.41. The Kier molecular flexibility index (Phi) is 6.19. The van der Waals surface area contributed by atoms with Gasteiger partial charge in [-0.3, -0.25) is 9.52 Å². The van der Waals surface area contributed by atoms with Crippen molar-refractivity contribution in [3.63, 3.8) is 0 Å². The molecule has 0 spiro atoms. The molecule has 0 atom stereocenters. The minimum atomic E-state index is -3.47. The molecule has 0 aliphatic heterocycles. The number of nitrogens with one attached hydrogen (secondary N) is 1. The second-order valence-electron chi connectivity index (χ2n) is 3.51. The summed E-state index contributed by atoms with van der Waals surface area (Å²) in [7, 11) is -2.19. The molecule has 0 fully saturated rings. The molecule has 0 aromatic carbocycles. The highest BCUT2D eigenvalue weighted by Gasteiger charge is 2.14. The highest BCUT2D eigenvalue weighted by molar-refractivity contribution is 7.92. The van der Waals surface area contributed by atoms with Gasteiger partial charge in [0, 0.05) is 12.0 Å². The van der Waals surface area contributed by atoms with E-state index in [2.05, 4.69) is 14.4 Å². The molecule has 0 saturated carbocycles. The molecule has 108 valence electrons. The first-order valence-electron chi connectivity index (χ1n) is 5.56. The van der Waals surface area contributed by atoms with Crippen molar-refractivity contribution >= 4 is 32.5 Å². The summed E-state index contributed by atoms with van der Waals surface area (Å²) in [5.74, 6) is -0.553. The van der Waals surface area contributed by atoms with E-state index >= 15 is 0 Å². The molecule has 0 saturated heterocycles. The Bertz CT molecular complexity index is 512. The number of carbonyl (C=O) groups excluding carboxylic acids is 1. The Morgan fingerprint density at radius 1 is 1.53 bits per heavy atom. The van der Waals surface area contributed by atoms with E-state index in [9.17, 15) is 13.2 Å². The molecule has 0 amide bonds. The van der Waals surface area contributed by atoms with Crippen molar-refractivity contribution in [2.24, 2.45) is 0 Å². The second-order valence-corrected chi connectivity index (χ2v) is 6.21. The first-order chi connectivity index (χ1) is 8.96. The minimum absolute atomic E-state index is 0.0215. The van der Waals surface area contributed by atoms with E-state index in [0.29, 0.717) is 12.3 Å². The molecule has 19 heavy (non-hydrogen) atoms. The van der Waals surface area contributed by atoms with Gasteiger partial charge in [0.1, 0.15) is 0 Å². The zero-order valence-electron chi connectivity index (χ0n) is 10.7. The number of hydrogen-bond donors (Lipinski definition) is 1. The van der Waals surface area contributed by atoms with Crippen LogP contribution in [0.25, 0.3) is 0 Å². The van der Waals surface area contributed by atoms with Crippen LogP contribution in [0.4, 0.5) is 5.13 Å². The summed E-state index contributed by atoms with van der Waals surface area (Å²) in [5.41, 5.74) is 0.472. The Morgan fingerprint density at radius 3 is 2.89 bits per heavy atom. The van der Waals surface area contributed by atoms with Crippen LogP contribution in [0.5, 0.6) is 0 Å². The fraction of sp³-hybridized carbons (Fsp3) is 0.600. The van der Waals surface area contributed by atoms with Crippen LogP contribution in [-0.4, -0.2) is 45.4 Å². The van der Waals surface area contributed by atoms with Crippen molar-refractivity contribution < 1.29 is 22.7 Å². The summed E-state index contributed by atoms with van der Waals surface area (Å²) < 4.78 is 35.1. The van der Waals surface area contributed by atoms with Crippen LogP contribution in [0.3, 0.4) is 0 Å². The Morgan fingerprint density at radius 2 is 2.26 bits per heavy atom. The highest BCUT2D eigenvalue weighted by Crippen LogP contribution is 2.17. The number of carbonyl (C=O) groups is 1. The van der Waals surface area contributed by atoms with E-state index in [1.807, 2.05) is 0 Å². The molecule has 1 aromatic rings. The van der Waals surface area contributed by atoms with Gasteiger partial charge < -0.3 is 9.47 Å². The molecule has 7 nitrogen and oxygen atoms in total. The topological polar surface area (TPSA) is 94.6 Å². The lowest BCUT2D eigenvalue weighted by Gasteiger charge is -2.04. The Hall–Kier alpha value is -1.19. The number of aromatic nitrogens is 1. The van der Waals surface area contributed by atoms with Gasteiger partial charge in [-0.25, -0.2) is 13.4 Å². The van der Waals surface area contributed by atoms with Gasteiger partial charge in [-0.1, -0.05) is 0 Å². The lowest BCUT2D eigenvalue weighted by Crippen LogP contribution is -2.20. The summed E-state index contributed by atoms with van der Waals surface area (Å²) in [6.07, 6.45) is 0.0215. The predicted octanol–water partition coefficient (Wildman–Crippen LogP) is 0.637. The first-order valence-corrected chi connectivity index (χ1v) is 8.09. The Labute approximate surface area is 116 Å². The average Bonchev–Trinajstić information content (AvgIpc) is 2.75. The van der Waals surface area contributed by atoms with Crippen molar-refractivity contribution in [2.45, 2.75) is 13.3 Å². The summed E-state index contributed by atoms with van der Waals surface area (Å²) in [5, 5.41) is 1.84. The molecule has 0 unspecified atom stereocenters. The third kappa shape index (κ3) is 5.99. The van der Waals surface area contributed by atoms with Gasteiger partial charge in [-0.15, -0.1) is 11.3 Å². The minimum Gasteiger partial charge on any atom is -0.469 e. The molecule has 1 aromatic heterocycles. The molecule has 0 radical (unpaired) electrons. The standard InChI is InChI=1S/C10H16N2O5S2/c1-3-17-4-5-19(14,15)12-10-11-8(7-18-10)6-9(13)16-2/h7H,3-6H2,1-2H3,(H,11,12). The number of esters is 1. The van der Waals surface area contributed by atoms with Gasteiger partial charge in [0.05, 0.1) is 31.6 Å². The summed E-state index contributed by atoms with van der Waals surface area (Å²) in [6, 6.07) is 0. The van der Waals surface area contributed by atoms with Gasteiger partial charge >= 0.3 is 5.97 Å². The number of methoxy groups -OCH3 is 1. The zero-order chi connectivity index (χ0) is 14.3. The molecule has 0 aliphatic rings. The third-order valence-corrected chi connectivity index (χ3v) is 4.19. The molecule has 0 bridgehead atoms. The van der Waals surface area contributed by atoms with Crippen molar-refractivity contribution in [3.05, 3.63) is 11.1 Å². The molecule has 0 aliphatic carbocycles. The van der Waals surface area contributed by atoms with Crippen molar-refractivity contribution in [3.8, 4) is 0 Å². The lowest BCUT2D eigenvalue weighted by molar-refractivity contribution is -0.139. The number of anilines is 1. The van der Waals surface area contributed by atoms with Gasteiger partial charge in [0.2, 0.25) is 10.0 Å². The molecular weight excluding hydrogens is 292 g/mol. The monoisotopic (exact) mass is 308 g/mol. The number of thiazole rings is 1. The quantitative estimate of drug-likeness (QED) is 0.559. The fourth-order valence-electron chi connectivity index (χ4n) is 1.15. The number of ether oxygens (including phenoxy) is 2. The van der Waals surface area contributed by atoms with Crippen molar-refractivity contribution in [2.75, 3.05) is 30.8 Å². The maximum Gasteiger partial charge on any atom is 0.311 e. The number of hydrogen-bond acceptors (Lipinski definition) is 7. The molecule has 1 N–H and O–H groups in total. The normalized spacial score (nSPS) is 11.3. The van der Waals surface area contributed by atoms with E-state index in [1.54, 1.807) is 12.3 Å². The molecule has 1 rings (SSSR count). The highest BCUT2D eigenvalue weighted by atomic mass is 32.2. The van der Waals surface area contributed by atoms with Crippen LogP contribution in [0, 0.1) is 0 Å². The summed E-state index contributed by atoms with van der Waals surface area (Å²) in [6.45, 7) is 2.39. The smallest absolute Gasteiger partial charge is 0.311 e. The number of sulfonamides is 1. The maximum absolute atomic E-state index is 11.6. The van der Waals surface area contributed by atoms with E-state index < -0.39 is 16.0 Å². The van der Waals surface area contributed by atoms with Gasteiger partial charge in [0.15, 0.2) is 5.13 Å². The predicted molar refractivity (Wildman–Crippen MR) is 71.7 cm³/mol. The van der Waals surface area contributed by atoms with Crippen molar-refractivity contribution in [1.82, 2.24) is 4.98 Å². The van der Waals surface area contributed by atoms with Crippen LogP contribution in [0.15, 0.2) is 5.38 Å². The Balaban J connectivity index is 2.55. The van der Waals surface area contributed by atoms with Crippen LogP contribution >= 0.6 is 11.3 Å². The zero-order valence-corrected chi connectivity index (χ0v) is 12.3. The molecule has 1 heterocycles. The SMILES string of the molecule is CCOCCS(=O)(=O)Nc1nc(CC(=O)OC)cs1. The van der Waals surface area contributed by atoms with Gasteiger partial charge in [-0.2, -0.15) is 0 Å². The largest absolute Gasteiger partial charge is 0.469 e. The van der Waals surface area contributed by atoms with E-state index in [4.69, 9.17) is 4.74 Å². The number of nitrogens with zero attached hydrogens (tertiary/aromatic N) is 1. The maximum atomic E-state index is 11.6. The van der Waals surface area contributed by atoms with Crippen molar-refractivity contribution in [1.29, 1.82) is 0 Å². The summed E-state index contributed by atoms with van der Waals surface area (Å²) in [4.78, 5) is 15.0. The van der Waals surface area contributed by atoms with E-state index in [0.717, 1.165) is 11.3 Å². The number of rotatable bonds is 8. The average molecular weight is 308 g/mol. The lowest BCUT2D eigenvalue weighted by atomic mass is 10.3. The van der Waals surface area contributed by atoms with Gasteiger partial charge in [-0.05, 0) is 6.92 Å². The molecule has 9 heteroatoms. The van der Waals surface area contributed by atoms with E-state index in [-0.39, 0.29) is 23.9 Å².